The second-order valence-electron chi connectivity index (χ2n) is 10.3. The first kappa shape index (κ1) is 30.1. The van der Waals surface area contributed by atoms with E-state index in [0.29, 0.717) is 11.1 Å². The van der Waals surface area contributed by atoms with Gasteiger partial charge in [-0.1, -0.05) is 37.0 Å². The summed E-state index contributed by atoms with van der Waals surface area (Å²) in [6.07, 6.45) is 3.90. The number of nitrogens with one attached hydrogen (secondary N) is 2. The van der Waals surface area contributed by atoms with E-state index < -0.39 is 12.1 Å². The summed E-state index contributed by atoms with van der Waals surface area (Å²) >= 11 is 0. The molecular formula is C29H36F3N3O4. The first-order valence-corrected chi connectivity index (χ1v) is 13.3. The lowest BCUT2D eigenvalue weighted by atomic mass is 9.88. The zero-order valence-corrected chi connectivity index (χ0v) is 22.1. The highest BCUT2D eigenvalue weighted by Gasteiger charge is 2.38. The van der Waals surface area contributed by atoms with Crippen molar-refractivity contribution in [1.29, 1.82) is 0 Å². The van der Waals surface area contributed by atoms with Crippen LogP contribution >= 0.6 is 0 Å². The van der Waals surface area contributed by atoms with Gasteiger partial charge in [-0.3, -0.25) is 9.59 Å². The number of nitrogens with zero attached hydrogens (tertiary/aromatic N) is 1. The minimum atomic E-state index is -5.08. The SMILES string of the molecule is Cc1ccc(NC(=O)c2ccc(C(=O)NC3CCN(CC4CCCCC4)CC3)cc2)cc1.O=C(O)C(F)(F)F. The van der Waals surface area contributed by atoms with Crippen LogP contribution in [0.2, 0.25) is 0 Å². The van der Waals surface area contributed by atoms with Gasteiger partial charge in [-0.25, -0.2) is 4.79 Å². The molecule has 7 nitrogen and oxygen atoms in total. The van der Waals surface area contributed by atoms with Crippen LogP contribution in [-0.2, 0) is 4.79 Å². The molecule has 0 atom stereocenters. The fourth-order valence-corrected chi connectivity index (χ4v) is 4.88. The van der Waals surface area contributed by atoms with Gasteiger partial charge in [0.2, 0.25) is 0 Å². The number of carbonyl (C=O) groups excluding carboxylic acids is 2. The number of piperidine rings is 1. The number of hydrogen-bond acceptors (Lipinski definition) is 4. The smallest absolute Gasteiger partial charge is 0.475 e. The predicted octanol–water partition coefficient (Wildman–Crippen LogP) is 5.66. The maximum absolute atomic E-state index is 12.7. The molecule has 4 rings (SSSR count). The van der Waals surface area contributed by atoms with E-state index in [1.165, 1.54) is 38.6 Å². The highest BCUT2D eigenvalue weighted by molar-refractivity contribution is 6.05. The Morgan fingerprint density at radius 2 is 1.36 bits per heavy atom. The first-order chi connectivity index (χ1) is 18.5. The van der Waals surface area contributed by atoms with Gasteiger partial charge < -0.3 is 20.6 Å². The lowest BCUT2D eigenvalue weighted by molar-refractivity contribution is -0.192. The van der Waals surface area contributed by atoms with Gasteiger partial charge >= 0.3 is 12.1 Å². The molecule has 0 radical (unpaired) electrons. The molecule has 1 aliphatic heterocycles. The summed E-state index contributed by atoms with van der Waals surface area (Å²) in [6, 6.07) is 14.8. The van der Waals surface area contributed by atoms with Gasteiger partial charge in [0.25, 0.3) is 11.8 Å². The largest absolute Gasteiger partial charge is 0.490 e. The quantitative estimate of drug-likeness (QED) is 0.434. The molecule has 2 amide bonds. The zero-order valence-electron chi connectivity index (χ0n) is 22.1. The Bertz CT molecular complexity index is 1090. The molecule has 39 heavy (non-hydrogen) atoms. The Labute approximate surface area is 226 Å². The number of aliphatic carboxylic acids is 1. The third kappa shape index (κ3) is 10.0. The number of carboxylic acid groups (broad SMARTS) is 1. The topological polar surface area (TPSA) is 98.7 Å². The molecule has 1 heterocycles. The molecule has 10 heteroatoms. The van der Waals surface area contributed by atoms with Crippen molar-refractivity contribution in [2.45, 2.75) is 64.1 Å². The van der Waals surface area contributed by atoms with Crippen LogP contribution in [-0.4, -0.2) is 59.6 Å². The van der Waals surface area contributed by atoms with Crippen LogP contribution in [0, 0.1) is 12.8 Å². The minimum absolute atomic E-state index is 0.0544. The highest BCUT2D eigenvalue weighted by atomic mass is 19.4. The molecule has 0 unspecified atom stereocenters. The lowest BCUT2D eigenvalue weighted by Gasteiger charge is -2.35. The van der Waals surface area contributed by atoms with E-state index in [-0.39, 0.29) is 17.9 Å². The van der Waals surface area contributed by atoms with Crippen molar-refractivity contribution >= 4 is 23.5 Å². The standard InChI is InChI=1S/C27H35N3O2.C2HF3O2/c1-20-7-13-24(14-8-20)28-26(31)22-9-11-23(12-10-22)27(32)29-25-15-17-30(18-16-25)19-21-5-3-2-4-6-21;3-2(4,5)1(6)7/h7-14,21,25H,2-6,15-19H2,1H3,(H,28,31)(H,29,32);(H,6,7). The van der Waals surface area contributed by atoms with E-state index in [4.69, 9.17) is 9.90 Å². The summed E-state index contributed by atoms with van der Waals surface area (Å²) in [4.78, 5) is 36.6. The Balaban J connectivity index is 0.000000532. The van der Waals surface area contributed by atoms with E-state index in [9.17, 15) is 22.8 Å². The fourth-order valence-electron chi connectivity index (χ4n) is 4.88. The van der Waals surface area contributed by atoms with E-state index in [2.05, 4.69) is 15.5 Å². The Morgan fingerprint density at radius 1 is 0.846 bits per heavy atom. The van der Waals surface area contributed by atoms with Crippen LogP contribution in [0.25, 0.3) is 0 Å². The van der Waals surface area contributed by atoms with Crippen molar-refractivity contribution in [1.82, 2.24) is 10.2 Å². The maximum atomic E-state index is 12.7. The molecule has 1 aliphatic carbocycles. The maximum Gasteiger partial charge on any atom is 0.490 e. The summed E-state index contributed by atoms with van der Waals surface area (Å²) in [6.45, 7) is 5.38. The van der Waals surface area contributed by atoms with Crippen LogP contribution in [0.5, 0.6) is 0 Å². The Hall–Kier alpha value is -3.40. The monoisotopic (exact) mass is 547 g/mol. The van der Waals surface area contributed by atoms with Gasteiger partial charge in [-0.05, 0) is 74.9 Å². The summed E-state index contributed by atoms with van der Waals surface area (Å²) in [7, 11) is 0. The molecule has 2 aliphatic rings. The van der Waals surface area contributed by atoms with Gasteiger partial charge in [-0.15, -0.1) is 0 Å². The van der Waals surface area contributed by atoms with Crippen molar-refractivity contribution in [3.63, 3.8) is 0 Å². The van der Waals surface area contributed by atoms with Crippen LogP contribution in [0.1, 0.15) is 71.2 Å². The van der Waals surface area contributed by atoms with E-state index in [1.54, 1.807) is 24.3 Å². The second kappa shape index (κ2) is 14.1. The molecule has 3 N–H and O–H groups in total. The number of anilines is 1. The van der Waals surface area contributed by atoms with Crippen molar-refractivity contribution in [2.24, 2.45) is 5.92 Å². The van der Waals surface area contributed by atoms with E-state index in [0.717, 1.165) is 43.1 Å². The number of hydrogen-bond donors (Lipinski definition) is 3. The number of alkyl halides is 3. The summed E-state index contributed by atoms with van der Waals surface area (Å²) < 4.78 is 31.7. The molecule has 1 saturated heterocycles. The molecule has 0 bridgehead atoms. The summed E-state index contributed by atoms with van der Waals surface area (Å²) in [5, 5.41) is 13.2. The van der Waals surface area contributed by atoms with Gasteiger partial charge in [0.1, 0.15) is 0 Å². The van der Waals surface area contributed by atoms with Crippen LogP contribution < -0.4 is 10.6 Å². The number of amides is 2. The molecule has 1 saturated carbocycles. The number of carbonyl (C=O) groups is 3. The van der Waals surface area contributed by atoms with Crippen molar-refractivity contribution < 1.29 is 32.7 Å². The van der Waals surface area contributed by atoms with Crippen molar-refractivity contribution in [3.8, 4) is 0 Å². The number of carboxylic acids is 1. The highest BCUT2D eigenvalue weighted by Crippen LogP contribution is 2.25. The molecule has 2 aromatic rings. The molecule has 0 spiro atoms. The predicted molar refractivity (Wildman–Crippen MR) is 143 cm³/mol. The Kier molecular flexibility index (Phi) is 10.9. The van der Waals surface area contributed by atoms with Crippen LogP contribution in [0.3, 0.4) is 0 Å². The average molecular weight is 548 g/mol. The molecule has 2 aromatic carbocycles. The van der Waals surface area contributed by atoms with Crippen molar-refractivity contribution in [2.75, 3.05) is 25.0 Å². The molecule has 2 fully saturated rings. The minimum Gasteiger partial charge on any atom is -0.475 e. The molecular weight excluding hydrogens is 511 g/mol. The third-order valence-corrected chi connectivity index (χ3v) is 7.13. The number of benzene rings is 2. The van der Waals surface area contributed by atoms with Gasteiger partial charge in [0, 0.05) is 42.5 Å². The molecule has 212 valence electrons. The van der Waals surface area contributed by atoms with E-state index >= 15 is 0 Å². The number of likely N-dealkylation sites (tertiary alicyclic amines) is 1. The number of halogens is 3. The van der Waals surface area contributed by atoms with Gasteiger partial charge in [0.15, 0.2) is 0 Å². The first-order valence-electron chi connectivity index (χ1n) is 13.3. The number of rotatable bonds is 6. The van der Waals surface area contributed by atoms with Gasteiger partial charge in [-0.2, -0.15) is 13.2 Å². The fraction of sp³-hybridized carbons (Fsp3) is 0.483. The van der Waals surface area contributed by atoms with Crippen LogP contribution in [0.4, 0.5) is 18.9 Å². The lowest BCUT2D eigenvalue weighted by Crippen LogP contribution is -2.45. The second-order valence-corrected chi connectivity index (χ2v) is 10.3. The van der Waals surface area contributed by atoms with Gasteiger partial charge in [0.05, 0.1) is 0 Å². The Morgan fingerprint density at radius 3 is 1.87 bits per heavy atom. The molecule has 0 aromatic heterocycles. The zero-order chi connectivity index (χ0) is 28.4. The number of aryl methyl sites for hydroxylation is 1. The van der Waals surface area contributed by atoms with Crippen LogP contribution in [0.15, 0.2) is 48.5 Å². The van der Waals surface area contributed by atoms with E-state index in [1.807, 2.05) is 31.2 Å². The summed E-state index contributed by atoms with van der Waals surface area (Å²) in [5.41, 5.74) is 3.05. The summed E-state index contributed by atoms with van der Waals surface area (Å²) in [5.74, 6) is -2.11. The van der Waals surface area contributed by atoms with Crippen molar-refractivity contribution in [3.05, 3.63) is 65.2 Å². The average Bonchev–Trinajstić information content (AvgIpc) is 2.91. The normalized spacial score (nSPS) is 17.0. The third-order valence-electron chi connectivity index (χ3n) is 7.13.